The van der Waals surface area contributed by atoms with Crippen molar-refractivity contribution >= 4 is 16.0 Å². The average molecular weight is 405 g/mol. The molecule has 2 rings (SSSR count). The van der Waals surface area contributed by atoms with Gasteiger partial charge in [-0.3, -0.25) is 0 Å². The fourth-order valence-corrected chi connectivity index (χ4v) is 3.55. The summed E-state index contributed by atoms with van der Waals surface area (Å²) in [4.78, 5) is 4.78. The second kappa shape index (κ2) is 11.4. The SMILES string of the molecule is CCNC(=NCc1cccc(S(=O)(=O)NCCOC)c1)NCc1ccccc1. The fraction of sp³-hybridized carbons (Fsp3) is 0.350. The van der Waals surface area contributed by atoms with Crippen LogP contribution in [0.15, 0.2) is 64.5 Å². The number of nitrogens with zero attached hydrogens (tertiary/aromatic N) is 1. The van der Waals surface area contributed by atoms with Crippen molar-refractivity contribution < 1.29 is 13.2 Å². The Balaban J connectivity index is 2.03. The molecule has 0 aliphatic carbocycles. The zero-order valence-corrected chi connectivity index (χ0v) is 17.1. The van der Waals surface area contributed by atoms with Crippen LogP contribution >= 0.6 is 0 Å². The zero-order valence-electron chi connectivity index (χ0n) is 16.3. The molecule has 0 spiro atoms. The molecule has 0 bridgehead atoms. The van der Waals surface area contributed by atoms with E-state index in [0.717, 1.165) is 17.7 Å². The molecule has 0 radical (unpaired) electrons. The molecule has 0 fully saturated rings. The number of nitrogens with one attached hydrogen (secondary N) is 3. The van der Waals surface area contributed by atoms with Crippen LogP contribution in [0.4, 0.5) is 0 Å². The largest absolute Gasteiger partial charge is 0.383 e. The topological polar surface area (TPSA) is 91.8 Å². The van der Waals surface area contributed by atoms with E-state index in [1.54, 1.807) is 18.2 Å². The van der Waals surface area contributed by atoms with Crippen LogP contribution in [0.5, 0.6) is 0 Å². The van der Waals surface area contributed by atoms with Crippen LogP contribution in [0, 0.1) is 0 Å². The molecule has 152 valence electrons. The van der Waals surface area contributed by atoms with Crippen LogP contribution in [0.25, 0.3) is 0 Å². The quantitative estimate of drug-likeness (QED) is 0.319. The number of hydrogen-bond donors (Lipinski definition) is 3. The number of rotatable bonds is 10. The van der Waals surface area contributed by atoms with E-state index in [2.05, 4.69) is 20.3 Å². The highest BCUT2D eigenvalue weighted by molar-refractivity contribution is 7.89. The molecule has 0 aliphatic rings. The van der Waals surface area contributed by atoms with Gasteiger partial charge in [0.15, 0.2) is 5.96 Å². The second-order valence-electron chi connectivity index (χ2n) is 6.07. The second-order valence-corrected chi connectivity index (χ2v) is 7.84. The van der Waals surface area contributed by atoms with Crippen LogP contribution in [0.3, 0.4) is 0 Å². The number of benzene rings is 2. The summed E-state index contributed by atoms with van der Waals surface area (Å²) in [6, 6.07) is 16.8. The molecule has 28 heavy (non-hydrogen) atoms. The Morgan fingerprint density at radius 3 is 2.50 bits per heavy atom. The van der Waals surface area contributed by atoms with Gasteiger partial charge in [0, 0.05) is 26.7 Å². The van der Waals surface area contributed by atoms with E-state index >= 15 is 0 Å². The van der Waals surface area contributed by atoms with Crippen LogP contribution in [0.1, 0.15) is 18.1 Å². The lowest BCUT2D eigenvalue weighted by atomic mass is 10.2. The first-order valence-electron chi connectivity index (χ1n) is 9.19. The third kappa shape index (κ3) is 7.30. The van der Waals surface area contributed by atoms with Crippen molar-refractivity contribution in [3.63, 3.8) is 0 Å². The van der Waals surface area contributed by atoms with Crippen LogP contribution in [-0.4, -0.2) is 41.2 Å². The number of ether oxygens (including phenoxy) is 1. The summed E-state index contributed by atoms with van der Waals surface area (Å²) in [6.07, 6.45) is 0. The average Bonchev–Trinajstić information content (AvgIpc) is 2.71. The molecule has 3 N–H and O–H groups in total. The minimum Gasteiger partial charge on any atom is -0.383 e. The lowest BCUT2D eigenvalue weighted by Crippen LogP contribution is -2.36. The minimum absolute atomic E-state index is 0.221. The van der Waals surface area contributed by atoms with Gasteiger partial charge in [0.25, 0.3) is 0 Å². The molecule has 8 heteroatoms. The first kappa shape index (κ1) is 21.9. The first-order chi connectivity index (χ1) is 13.5. The summed E-state index contributed by atoms with van der Waals surface area (Å²) >= 11 is 0. The molecule has 7 nitrogen and oxygen atoms in total. The van der Waals surface area contributed by atoms with Crippen molar-refractivity contribution in [2.24, 2.45) is 4.99 Å². The summed E-state index contributed by atoms with van der Waals surface area (Å²) < 4.78 is 32.1. The van der Waals surface area contributed by atoms with Crippen molar-refractivity contribution in [2.45, 2.75) is 24.9 Å². The van der Waals surface area contributed by atoms with Crippen molar-refractivity contribution in [3.05, 3.63) is 65.7 Å². The van der Waals surface area contributed by atoms with Crippen molar-refractivity contribution in [1.29, 1.82) is 0 Å². The summed E-state index contributed by atoms with van der Waals surface area (Å²) in [6.45, 7) is 4.31. The molecule has 2 aromatic rings. The van der Waals surface area contributed by atoms with E-state index in [1.165, 1.54) is 7.11 Å². The molecule has 0 aromatic heterocycles. The number of aliphatic imine (C=N–C) groups is 1. The van der Waals surface area contributed by atoms with Gasteiger partial charge in [-0.15, -0.1) is 0 Å². The van der Waals surface area contributed by atoms with E-state index in [0.29, 0.717) is 25.7 Å². The molecular weight excluding hydrogens is 376 g/mol. The van der Waals surface area contributed by atoms with Gasteiger partial charge in [0.1, 0.15) is 0 Å². The summed E-state index contributed by atoms with van der Waals surface area (Å²) in [5.74, 6) is 0.679. The Kier molecular flexibility index (Phi) is 8.93. The van der Waals surface area contributed by atoms with Gasteiger partial charge in [-0.25, -0.2) is 18.1 Å². The zero-order chi connectivity index (χ0) is 20.2. The maximum Gasteiger partial charge on any atom is 0.240 e. The predicted molar refractivity (Wildman–Crippen MR) is 112 cm³/mol. The van der Waals surface area contributed by atoms with Gasteiger partial charge >= 0.3 is 0 Å². The van der Waals surface area contributed by atoms with Crippen molar-refractivity contribution in [1.82, 2.24) is 15.4 Å². The minimum atomic E-state index is -3.56. The number of methoxy groups -OCH3 is 1. The van der Waals surface area contributed by atoms with Crippen LogP contribution < -0.4 is 15.4 Å². The van der Waals surface area contributed by atoms with E-state index in [-0.39, 0.29) is 11.4 Å². The lowest BCUT2D eigenvalue weighted by molar-refractivity contribution is 0.204. The predicted octanol–water partition coefficient (Wildman–Crippen LogP) is 1.87. The number of sulfonamides is 1. The molecular formula is C20H28N4O3S. The normalized spacial score (nSPS) is 12.0. The Bertz CT molecular complexity index is 855. The van der Waals surface area contributed by atoms with Crippen molar-refractivity contribution in [3.8, 4) is 0 Å². The van der Waals surface area contributed by atoms with E-state index < -0.39 is 10.0 Å². The third-order valence-electron chi connectivity index (χ3n) is 3.87. The highest BCUT2D eigenvalue weighted by atomic mass is 32.2. The smallest absolute Gasteiger partial charge is 0.240 e. The van der Waals surface area contributed by atoms with Gasteiger partial charge in [-0.1, -0.05) is 42.5 Å². The Morgan fingerprint density at radius 1 is 1.04 bits per heavy atom. The summed E-state index contributed by atoms with van der Waals surface area (Å²) in [5.41, 5.74) is 1.97. The maximum atomic E-state index is 12.3. The fourth-order valence-electron chi connectivity index (χ4n) is 2.47. The molecule has 0 saturated heterocycles. The highest BCUT2D eigenvalue weighted by Crippen LogP contribution is 2.12. The van der Waals surface area contributed by atoms with Gasteiger partial charge in [-0.2, -0.15) is 0 Å². The van der Waals surface area contributed by atoms with Crippen molar-refractivity contribution in [2.75, 3.05) is 26.8 Å². The van der Waals surface area contributed by atoms with Gasteiger partial charge in [-0.05, 0) is 30.2 Å². The van der Waals surface area contributed by atoms with Gasteiger partial charge in [0.05, 0.1) is 18.0 Å². The van der Waals surface area contributed by atoms with Gasteiger partial charge < -0.3 is 15.4 Å². The maximum absolute atomic E-state index is 12.3. The van der Waals surface area contributed by atoms with Crippen LogP contribution in [-0.2, 0) is 27.8 Å². The molecule has 0 aliphatic heterocycles. The standard InChI is InChI=1S/C20H28N4O3S/c1-3-21-20(22-15-17-8-5-4-6-9-17)23-16-18-10-7-11-19(14-18)28(25,26)24-12-13-27-2/h4-11,14,24H,3,12-13,15-16H2,1-2H3,(H2,21,22,23). The summed E-state index contributed by atoms with van der Waals surface area (Å²) in [5, 5.41) is 6.48. The summed E-state index contributed by atoms with van der Waals surface area (Å²) in [7, 11) is -2.03. The molecule has 0 heterocycles. The van der Waals surface area contributed by atoms with Crippen LogP contribution in [0.2, 0.25) is 0 Å². The highest BCUT2D eigenvalue weighted by Gasteiger charge is 2.13. The van der Waals surface area contributed by atoms with E-state index in [4.69, 9.17) is 4.74 Å². The van der Waals surface area contributed by atoms with E-state index in [1.807, 2.05) is 43.3 Å². The van der Waals surface area contributed by atoms with Gasteiger partial charge in [0.2, 0.25) is 10.0 Å². The lowest BCUT2D eigenvalue weighted by Gasteiger charge is -2.12. The Hall–Kier alpha value is -2.42. The molecule has 0 atom stereocenters. The molecule has 0 saturated carbocycles. The number of hydrogen-bond acceptors (Lipinski definition) is 4. The Morgan fingerprint density at radius 2 is 1.79 bits per heavy atom. The molecule has 0 unspecified atom stereocenters. The monoisotopic (exact) mass is 404 g/mol. The first-order valence-corrected chi connectivity index (χ1v) is 10.7. The Labute approximate surface area is 167 Å². The molecule has 0 amide bonds. The third-order valence-corrected chi connectivity index (χ3v) is 5.33. The van der Waals surface area contributed by atoms with E-state index in [9.17, 15) is 8.42 Å². The molecule has 2 aromatic carbocycles. The number of guanidine groups is 1.